The van der Waals surface area contributed by atoms with Crippen molar-refractivity contribution in [1.29, 1.82) is 0 Å². The minimum atomic E-state index is -4.43. The van der Waals surface area contributed by atoms with E-state index >= 15 is 0 Å². The molecule has 11 heteroatoms. The summed E-state index contributed by atoms with van der Waals surface area (Å²) in [5, 5.41) is 8.98. The van der Waals surface area contributed by atoms with Crippen LogP contribution in [0.15, 0.2) is 76.8 Å². The van der Waals surface area contributed by atoms with E-state index in [2.05, 4.69) is 14.9 Å². The van der Waals surface area contributed by atoms with Crippen molar-refractivity contribution < 1.29 is 21.6 Å². The van der Waals surface area contributed by atoms with Crippen molar-refractivity contribution in [3.63, 3.8) is 0 Å². The van der Waals surface area contributed by atoms with Gasteiger partial charge in [-0.1, -0.05) is 42.1 Å². The van der Waals surface area contributed by atoms with E-state index in [-0.39, 0.29) is 13.0 Å². The molecule has 182 valence electrons. The van der Waals surface area contributed by atoms with Crippen LogP contribution in [0.5, 0.6) is 0 Å². The minimum absolute atomic E-state index is 0.0740. The molecule has 4 aromatic rings. The van der Waals surface area contributed by atoms with Gasteiger partial charge >= 0.3 is 0 Å². The number of benzene rings is 3. The summed E-state index contributed by atoms with van der Waals surface area (Å²) in [5.74, 6) is -1.74. The Kier molecular flexibility index (Phi) is 7.58. The number of aromatic nitrogens is 3. The largest absolute Gasteiger partial charge is 0.274 e. The van der Waals surface area contributed by atoms with E-state index in [1.165, 1.54) is 23.9 Å². The van der Waals surface area contributed by atoms with E-state index in [0.29, 0.717) is 22.4 Å². The minimum Gasteiger partial charge on any atom is -0.274 e. The molecule has 0 fully saturated rings. The summed E-state index contributed by atoms with van der Waals surface area (Å²) in [6.07, 6.45) is 0.0740. The first kappa shape index (κ1) is 25.0. The highest BCUT2D eigenvalue weighted by Gasteiger charge is 2.24. The average molecular weight is 519 g/mol. The van der Waals surface area contributed by atoms with Crippen LogP contribution in [0.2, 0.25) is 0 Å². The smallest absolute Gasteiger partial charge is 0.246 e. The molecule has 1 aromatic heterocycles. The van der Waals surface area contributed by atoms with Crippen molar-refractivity contribution in [3.05, 3.63) is 101 Å². The van der Waals surface area contributed by atoms with Gasteiger partial charge in [0.1, 0.15) is 23.3 Å². The fraction of sp³-hybridized carbons (Fsp3) is 0.167. The SMILES string of the molecule is Cc1ccccc1CSc1nnc(CCNS(=O)(=O)c2c(F)cccc2F)n1-c1ccc(F)cc1. The summed E-state index contributed by atoms with van der Waals surface area (Å²) >= 11 is 1.43. The Bertz CT molecular complexity index is 1420. The van der Waals surface area contributed by atoms with Crippen molar-refractivity contribution in [1.82, 2.24) is 19.5 Å². The van der Waals surface area contributed by atoms with Gasteiger partial charge in [0, 0.05) is 24.4 Å². The number of hydrogen-bond donors (Lipinski definition) is 1. The summed E-state index contributed by atoms with van der Waals surface area (Å²) in [6.45, 7) is 1.83. The lowest BCUT2D eigenvalue weighted by Crippen LogP contribution is -2.28. The normalized spacial score (nSPS) is 11.7. The molecule has 0 aliphatic carbocycles. The molecule has 0 spiro atoms. The van der Waals surface area contributed by atoms with Crippen molar-refractivity contribution in [2.75, 3.05) is 6.54 Å². The van der Waals surface area contributed by atoms with E-state index in [9.17, 15) is 21.6 Å². The van der Waals surface area contributed by atoms with E-state index < -0.39 is 32.4 Å². The summed E-state index contributed by atoms with van der Waals surface area (Å²) < 4.78 is 70.3. The number of aryl methyl sites for hydroxylation is 1. The predicted molar refractivity (Wildman–Crippen MR) is 127 cm³/mol. The highest BCUT2D eigenvalue weighted by Crippen LogP contribution is 2.27. The first-order chi connectivity index (χ1) is 16.8. The molecule has 1 heterocycles. The molecule has 35 heavy (non-hydrogen) atoms. The van der Waals surface area contributed by atoms with Gasteiger partial charge in [-0.25, -0.2) is 26.3 Å². The molecule has 6 nitrogen and oxygen atoms in total. The Morgan fingerprint density at radius 2 is 1.60 bits per heavy atom. The third-order valence-corrected chi connectivity index (χ3v) is 7.72. The van der Waals surface area contributed by atoms with Gasteiger partial charge in [0.2, 0.25) is 10.0 Å². The molecule has 0 radical (unpaired) electrons. The Labute approximate surface area is 205 Å². The monoisotopic (exact) mass is 518 g/mol. The number of thioether (sulfide) groups is 1. The topological polar surface area (TPSA) is 76.9 Å². The quantitative estimate of drug-likeness (QED) is 0.322. The lowest BCUT2D eigenvalue weighted by molar-refractivity contribution is 0.514. The van der Waals surface area contributed by atoms with Crippen LogP contribution in [0.4, 0.5) is 13.2 Å². The van der Waals surface area contributed by atoms with Gasteiger partial charge < -0.3 is 0 Å². The van der Waals surface area contributed by atoms with Crippen molar-refractivity contribution >= 4 is 21.8 Å². The number of rotatable bonds is 9. The first-order valence-electron chi connectivity index (χ1n) is 10.6. The molecule has 0 bridgehead atoms. The number of halogens is 3. The van der Waals surface area contributed by atoms with Crippen LogP contribution in [-0.2, 0) is 22.2 Å². The van der Waals surface area contributed by atoms with E-state index in [4.69, 9.17) is 0 Å². The van der Waals surface area contributed by atoms with Gasteiger partial charge in [-0.05, 0) is 54.4 Å². The Morgan fingerprint density at radius 1 is 0.914 bits per heavy atom. The molecular weight excluding hydrogens is 497 g/mol. The molecule has 0 saturated carbocycles. The Morgan fingerprint density at radius 3 is 2.29 bits per heavy atom. The molecule has 1 N–H and O–H groups in total. The van der Waals surface area contributed by atoms with Crippen LogP contribution >= 0.6 is 11.8 Å². The molecule has 0 aliphatic heterocycles. The third kappa shape index (κ3) is 5.75. The molecule has 4 rings (SSSR count). The summed E-state index contributed by atoms with van der Waals surface area (Å²) in [6, 6.07) is 16.5. The van der Waals surface area contributed by atoms with Crippen LogP contribution in [0.3, 0.4) is 0 Å². The molecule has 0 aliphatic rings. The number of nitrogens with one attached hydrogen (secondary N) is 1. The lowest BCUT2D eigenvalue weighted by atomic mass is 10.1. The first-order valence-corrected chi connectivity index (χ1v) is 13.0. The zero-order valence-electron chi connectivity index (χ0n) is 18.6. The zero-order chi connectivity index (χ0) is 25.0. The second-order valence-corrected chi connectivity index (χ2v) is 10.3. The van der Waals surface area contributed by atoms with Crippen LogP contribution in [0.25, 0.3) is 5.69 Å². The van der Waals surface area contributed by atoms with Gasteiger partial charge in [0.15, 0.2) is 10.1 Å². The van der Waals surface area contributed by atoms with Gasteiger partial charge in [-0.15, -0.1) is 10.2 Å². The van der Waals surface area contributed by atoms with Crippen molar-refractivity contribution in [3.8, 4) is 5.69 Å². The van der Waals surface area contributed by atoms with Gasteiger partial charge in [0.05, 0.1) is 0 Å². The number of sulfonamides is 1. The Hall–Kier alpha value is -3.15. The van der Waals surface area contributed by atoms with Crippen LogP contribution in [0.1, 0.15) is 17.0 Å². The van der Waals surface area contributed by atoms with Crippen molar-refractivity contribution in [2.24, 2.45) is 0 Å². The van der Waals surface area contributed by atoms with Crippen LogP contribution in [-0.4, -0.2) is 29.7 Å². The number of nitrogens with zero attached hydrogens (tertiary/aromatic N) is 3. The maximum atomic E-state index is 14.0. The fourth-order valence-corrected chi connectivity index (χ4v) is 5.64. The van der Waals surface area contributed by atoms with E-state index in [1.807, 2.05) is 31.2 Å². The second-order valence-electron chi connectivity index (χ2n) is 7.62. The third-order valence-electron chi connectivity index (χ3n) is 5.23. The van der Waals surface area contributed by atoms with Gasteiger partial charge in [0.25, 0.3) is 0 Å². The summed E-state index contributed by atoms with van der Waals surface area (Å²) in [4.78, 5) is -1.03. The number of hydrogen-bond acceptors (Lipinski definition) is 5. The molecule has 0 amide bonds. The summed E-state index contributed by atoms with van der Waals surface area (Å²) in [7, 11) is -4.43. The van der Waals surface area contributed by atoms with Gasteiger partial charge in [-0.3, -0.25) is 4.57 Å². The maximum absolute atomic E-state index is 14.0. The van der Waals surface area contributed by atoms with Gasteiger partial charge in [-0.2, -0.15) is 0 Å². The van der Waals surface area contributed by atoms with E-state index in [1.54, 1.807) is 16.7 Å². The van der Waals surface area contributed by atoms with E-state index in [0.717, 1.165) is 29.3 Å². The average Bonchev–Trinajstić information content (AvgIpc) is 3.21. The molecule has 0 unspecified atom stereocenters. The van der Waals surface area contributed by atoms with Crippen molar-refractivity contribution in [2.45, 2.75) is 29.1 Å². The second kappa shape index (κ2) is 10.6. The highest BCUT2D eigenvalue weighted by atomic mass is 32.2. The maximum Gasteiger partial charge on any atom is 0.246 e. The molecule has 0 atom stereocenters. The predicted octanol–water partition coefficient (Wildman–Crippen LogP) is 4.81. The molecular formula is C24H21F3N4O2S2. The molecule has 0 saturated heterocycles. The Balaban J connectivity index is 1.56. The lowest BCUT2D eigenvalue weighted by Gasteiger charge is -2.12. The summed E-state index contributed by atoms with van der Waals surface area (Å²) in [5.41, 5.74) is 2.84. The standard InChI is InChI=1S/C24H21F3N4O2S2/c1-16-5-2-3-6-17(16)15-34-24-30-29-22(31(24)19-11-9-18(25)10-12-19)13-14-28-35(32,33)23-20(26)7-4-8-21(23)27/h2-12,28H,13-15H2,1H3. The highest BCUT2D eigenvalue weighted by molar-refractivity contribution is 7.98. The fourth-order valence-electron chi connectivity index (χ4n) is 3.43. The van der Waals surface area contributed by atoms with Crippen LogP contribution < -0.4 is 4.72 Å². The van der Waals surface area contributed by atoms with Crippen LogP contribution in [0, 0.1) is 24.4 Å². The zero-order valence-corrected chi connectivity index (χ0v) is 20.2. The molecule has 3 aromatic carbocycles.